The molecule has 0 atom stereocenters. The average Bonchev–Trinajstić information content (AvgIpc) is 2.85. The Hall–Kier alpha value is -2.70. The zero-order valence-electron chi connectivity index (χ0n) is 10.4. The van der Waals surface area contributed by atoms with Crippen LogP contribution in [0.25, 0.3) is 0 Å². The Bertz CT molecular complexity index is 581. The van der Waals surface area contributed by atoms with Crippen LogP contribution in [0.3, 0.4) is 0 Å². The van der Waals surface area contributed by atoms with Crippen molar-refractivity contribution in [1.29, 1.82) is 0 Å². The number of nitrogen functional groups attached to an aromatic ring is 1. The number of aromatic hydroxyl groups is 1. The zero-order valence-corrected chi connectivity index (χ0v) is 10.4. The number of H-pyrrole nitrogens is 1. The highest BCUT2D eigenvalue weighted by atomic mass is 16.5. The first-order valence-corrected chi connectivity index (χ1v) is 5.58. The molecule has 0 saturated carbocycles. The maximum absolute atomic E-state index is 11.8. The standard InChI is InChI=1S/C12H14N4O3/c1-19-11-5-9(10(17)4-8(11)13)15-12(18)6-16-3-2-14-7-16/h2-5,7H,6,13H2,1H3,(H2,15,17,18)/p+1. The summed E-state index contributed by atoms with van der Waals surface area (Å²) in [5.74, 6) is 0.0137. The maximum atomic E-state index is 11.8. The number of amides is 1. The summed E-state index contributed by atoms with van der Waals surface area (Å²) < 4.78 is 6.70. The highest BCUT2D eigenvalue weighted by Gasteiger charge is 2.12. The van der Waals surface area contributed by atoms with E-state index in [1.807, 2.05) is 0 Å². The van der Waals surface area contributed by atoms with E-state index in [1.54, 1.807) is 23.3 Å². The number of nitrogens with two attached hydrogens (primary N) is 1. The van der Waals surface area contributed by atoms with Gasteiger partial charge in [0.25, 0.3) is 5.91 Å². The van der Waals surface area contributed by atoms with Crippen LogP contribution in [-0.2, 0) is 11.3 Å². The minimum absolute atomic E-state index is 0.106. The lowest BCUT2D eigenvalue weighted by Gasteiger charge is -2.10. The Balaban J connectivity index is 2.12. The molecule has 0 saturated heterocycles. The molecule has 0 radical (unpaired) electrons. The van der Waals surface area contributed by atoms with Crippen molar-refractivity contribution in [3.63, 3.8) is 0 Å². The second-order valence-corrected chi connectivity index (χ2v) is 3.94. The number of hydrogen-bond acceptors (Lipinski definition) is 4. The second-order valence-electron chi connectivity index (χ2n) is 3.94. The first kappa shape index (κ1) is 12.7. The van der Waals surface area contributed by atoms with E-state index in [0.717, 1.165) is 0 Å². The number of rotatable bonds is 4. The number of imidazole rings is 1. The van der Waals surface area contributed by atoms with Gasteiger partial charge in [-0.3, -0.25) is 9.78 Å². The van der Waals surface area contributed by atoms with Crippen LogP contribution in [0.4, 0.5) is 11.4 Å². The van der Waals surface area contributed by atoms with Crippen LogP contribution in [0, 0.1) is 0 Å². The summed E-state index contributed by atoms with van der Waals surface area (Å²) in [5.41, 5.74) is 6.20. The molecule has 0 bridgehead atoms. The molecule has 0 aliphatic carbocycles. The van der Waals surface area contributed by atoms with Gasteiger partial charge >= 0.3 is 0 Å². The van der Waals surface area contributed by atoms with E-state index >= 15 is 0 Å². The van der Waals surface area contributed by atoms with Gasteiger partial charge in [0.1, 0.15) is 23.9 Å². The quantitative estimate of drug-likeness (QED) is 0.360. The number of methoxy groups -OCH3 is 1. The molecule has 7 nitrogen and oxygen atoms in total. The predicted molar refractivity (Wildman–Crippen MR) is 68.7 cm³/mol. The van der Waals surface area contributed by atoms with Crippen LogP contribution in [0.5, 0.6) is 11.5 Å². The summed E-state index contributed by atoms with van der Waals surface area (Å²) in [4.78, 5) is 14.6. The van der Waals surface area contributed by atoms with Crippen LogP contribution in [-0.4, -0.2) is 23.1 Å². The van der Waals surface area contributed by atoms with Crippen molar-refractivity contribution in [3.8, 4) is 11.5 Å². The number of aromatic nitrogens is 2. The summed E-state index contributed by atoms with van der Waals surface area (Å²) in [6, 6.07) is 2.81. The fourth-order valence-electron chi connectivity index (χ4n) is 1.64. The normalized spacial score (nSPS) is 10.2. The van der Waals surface area contributed by atoms with Crippen molar-refractivity contribution in [3.05, 3.63) is 30.9 Å². The van der Waals surface area contributed by atoms with Crippen molar-refractivity contribution in [2.45, 2.75) is 6.54 Å². The van der Waals surface area contributed by atoms with Crippen molar-refractivity contribution in [2.75, 3.05) is 18.2 Å². The third kappa shape index (κ3) is 2.95. The fourth-order valence-corrected chi connectivity index (χ4v) is 1.64. The smallest absolute Gasteiger partial charge is 0.266 e. The number of hydrogen-bond donors (Lipinski definition) is 4. The molecule has 1 amide bonds. The second kappa shape index (κ2) is 5.30. The van der Waals surface area contributed by atoms with Gasteiger partial charge in [0.2, 0.25) is 6.33 Å². The first-order chi connectivity index (χ1) is 9.10. The third-order valence-corrected chi connectivity index (χ3v) is 2.55. The molecule has 0 aliphatic heterocycles. The molecule has 0 fully saturated rings. The summed E-state index contributed by atoms with van der Waals surface area (Å²) >= 11 is 0. The average molecular weight is 263 g/mol. The number of nitrogens with zero attached hydrogens (tertiary/aromatic N) is 1. The number of carbonyl (C=O) groups excluding carboxylic acids is 1. The van der Waals surface area contributed by atoms with Crippen LogP contribution in [0.15, 0.2) is 30.9 Å². The SMILES string of the molecule is COc1cc(NC(=O)C[n+]2cc[nH]c2)c(O)cc1N. The topological polar surface area (TPSA) is 104 Å². The minimum atomic E-state index is -0.272. The van der Waals surface area contributed by atoms with Gasteiger partial charge in [-0.25, -0.2) is 4.57 Å². The lowest BCUT2D eigenvalue weighted by atomic mass is 10.2. The molecule has 2 rings (SSSR count). The van der Waals surface area contributed by atoms with E-state index in [1.165, 1.54) is 19.2 Å². The number of carbonyl (C=O) groups is 1. The van der Waals surface area contributed by atoms with E-state index in [9.17, 15) is 9.90 Å². The summed E-state index contributed by atoms with van der Waals surface area (Å²) in [7, 11) is 1.46. The lowest BCUT2D eigenvalue weighted by Crippen LogP contribution is -2.38. The molecule has 19 heavy (non-hydrogen) atoms. The van der Waals surface area contributed by atoms with Gasteiger partial charge in [-0.2, -0.15) is 0 Å². The number of phenols is 1. The van der Waals surface area contributed by atoms with Crippen LogP contribution < -0.4 is 20.4 Å². The van der Waals surface area contributed by atoms with Gasteiger partial charge in [0.05, 0.1) is 18.5 Å². The molecule has 0 unspecified atom stereocenters. The molecule has 1 aromatic heterocycles. The highest BCUT2D eigenvalue weighted by molar-refractivity contribution is 5.92. The molecular weight excluding hydrogens is 248 g/mol. The predicted octanol–water partition coefficient (Wildman–Crippen LogP) is 0.237. The van der Waals surface area contributed by atoms with E-state index in [0.29, 0.717) is 11.4 Å². The van der Waals surface area contributed by atoms with Gasteiger partial charge in [-0.1, -0.05) is 0 Å². The van der Waals surface area contributed by atoms with Crippen molar-refractivity contribution in [1.82, 2.24) is 4.98 Å². The first-order valence-electron chi connectivity index (χ1n) is 5.58. The van der Waals surface area contributed by atoms with Gasteiger partial charge in [0.15, 0.2) is 6.54 Å². The van der Waals surface area contributed by atoms with Crippen molar-refractivity contribution in [2.24, 2.45) is 0 Å². The number of aromatic amines is 1. The summed E-state index contributed by atoms with van der Waals surface area (Å²) in [6.45, 7) is 0.135. The Labute approximate surface area is 109 Å². The third-order valence-electron chi connectivity index (χ3n) is 2.55. The van der Waals surface area contributed by atoms with Gasteiger partial charge in [-0.05, 0) is 0 Å². The summed E-state index contributed by atoms with van der Waals surface area (Å²) in [5, 5.41) is 12.3. The molecule has 5 N–H and O–H groups in total. The van der Waals surface area contributed by atoms with Gasteiger partial charge in [0, 0.05) is 12.1 Å². The van der Waals surface area contributed by atoms with Crippen molar-refractivity contribution < 1.29 is 19.2 Å². The molecule has 0 aliphatic rings. The van der Waals surface area contributed by atoms with Crippen LogP contribution >= 0.6 is 0 Å². The monoisotopic (exact) mass is 263 g/mol. The van der Waals surface area contributed by atoms with Crippen molar-refractivity contribution >= 4 is 17.3 Å². The molecule has 2 aromatic rings. The van der Waals surface area contributed by atoms with E-state index in [4.69, 9.17) is 10.5 Å². The largest absolute Gasteiger partial charge is 0.506 e. The number of phenolic OH excluding ortho intramolecular Hbond substituents is 1. The Morgan fingerprint density at radius 1 is 1.58 bits per heavy atom. The number of nitrogens with one attached hydrogen (secondary N) is 2. The molecule has 1 heterocycles. The molecule has 7 heteroatoms. The molecular formula is C12H15N4O3+. The molecule has 0 spiro atoms. The molecule has 100 valence electrons. The number of benzene rings is 1. The Morgan fingerprint density at radius 2 is 2.37 bits per heavy atom. The van der Waals surface area contributed by atoms with Gasteiger partial charge in [-0.15, -0.1) is 0 Å². The lowest BCUT2D eigenvalue weighted by molar-refractivity contribution is -0.682. The van der Waals surface area contributed by atoms with Crippen LogP contribution in [0.1, 0.15) is 0 Å². The maximum Gasteiger partial charge on any atom is 0.266 e. The highest BCUT2D eigenvalue weighted by Crippen LogP contribution is 2.33. The van der Waals surface area contributed by atoms with Gasteiger partial charge < -0.3 is 20.9 Å². The minimum Gasteiger partial charge on any atom is -0.506 e. The Morgan fingerprint density at radius 3 is 3.00 bits per heavy atom. The van der Waals surface area contributed by atoms with E-state index in [-0.39, 0.29) is 23.9 Å². The van der Waals surface area contributed by atoms with Crippen LogP contribution in [0.2, 0.25) is 0 Å². The summed E-state index contributed by atoms with van der Waals surface area (Å²) in [6.07, 6.45) is 5.09. The number of ether oxygens (including phenoxy) is 1. The zero-order chi connectivity index (χ0) is 13.8. The fraction of sp³-hybridized carbons (Fsp3) is 0.167. The van der Waals surface area contributed by atoms with E-state index in [2.05, 4.69) is 10.3 Å². The number of anilines is 2. The molecule has 1 aromatic carbocycles. The van der Waals surface area contributed by atoms with E-state index < -0.39 is 0 Å². The Kier molecular flexibility index (Phi) is 3.56.